The Bertz CT molecular complexity index is 883. The van der Waals surface area contributed by atoms with E-state index in [0.29, 0.717) is 12.0 Å². The lowest BCUT2D eigenvalue weighted by Gasteiger charge is -2.12. The summed E-state index contributed by atoms with van der Waals surface area (Å²) in [7, 11) is 0.685. The Morgan fingerprint density at radius 3 is 2.52 bits per heavy atom. The molecule has 8 nitrogen and oxygen atoms in total. The number of nitrogens with zero attached hydrogens (tertiary/aromatic N) is 2. The van der Waals surface area contributed by atoms with Crippen LogP contribution in [0.15, 0.2) is 29.8 Å². The second-order valence-electron chi connectivity index (χ2n) is 6.40. The van der Waals surface area contributed by atoms with Crippen LogP contribution >= 0.6 is 0 Å². The summed E-state index contributed by atoms with van der Waals surface area (Å²) in [5, 5.41) is 11.7. The van der Waals surface area contributed by atoms with E-state index < -0.39 is 34.4 Å². The number of carbonyl (C=O) groups excluding carboxylic acids is 2. The Labute approximate surface area is 158 Å². The minimum Gasteiger partial charge on any atom is -0.451 e. The third-order valence-electron chi connectivity index (χ3n) is 3.99. The third kappa shape index (κ3) is 6.11. The molecule has 1 aliphatic heterocycles. The number of nitriles is 1. The van der Waals surface area contributed by atoms with Crippen LogP contribution in [0.2, 0.25) is 0 Å². The third-order valence-corrected chi connectivity index (χ3v) is 5.76. The smallest absolute Gasteiger partial charge is 0.349 e. The highest BCUT2D eigenvalue weighted by Crippen LogP contribution is 2.15. The minimum absolute atomic E-state index is 0.0334. The van der Waals surface area contributed by atoms with Crippen LogP contribution in [0.3, 0.4) is 0 Å². The number of esters is 1. The average molecular weight is 391 g/mol. The zero-order valence-corrected chi connectivity index (χ0v) is 16.0. The number of hydrogen-bond acceptors (Lipinski definition) is 7. The van der Waals surface area contributed by atoms with Crippen LogP contribution < -0.4 is 10.2 Å². The molecule has 0 spiro atoms. The number of carbonyl (C=O) groups is 2. The number of amides is 1. The number of ether oxygens (including phenoxy) is 1. The largest absolute Gasteiger partial charge is 0.451 e. The molecule has 1 heterocycles. The van der Waals surface area contributed by atoms with Crippen LogP contribution in [0.5, 0.6) is 0 Å². The van der Waals surface area contributed by atoms with Gasteiger partial charge in [-0.2, -0.15) is 5.26 Å². The summed E-state index contributed by atoms with van der Waals surface area (Å²) in [5.41, 5.74) is 1.39. The molecular formula is C18H21N3O5S. The van der Waals surface area contributed by atoms with Crippen molar-refractivity contribution in [1.82, 2.24) is 5.32 Å². The molecule has 27 heavy (non-hydrogen) atoms. The number of hydrogen-bond donors (Lipinski definition) is 1. The summed E-state index contributed by atoms with van der Waals surface area (Å²) in [6.07, 6.45) is 1.72. The summed E-state index contributed by atoms with van der Waals surface area (Å²) in [5.74, 6) is -1.59. The molecule has 0 saturated carbocycles. The second kappa shape index (κ2) is 8.68. The van der Waals surface area contributed by atoms with Gasteiger partial charge in [0, 0.05) is 25.8 Å². The van der Waals surface area contributed by atoms with Crippen molar-refractivity contribution in [1.29, 1.82) is 5.26 Å². The molecular weight excluding hydrogens is 370 g/mol. The summed E-state index contributed by atoms with van der Waals surface area (Å²) >= 11 is 0. The van der Waals surface area contributed by atoms with Crippen molar-refractivity contribution in [3.8, 4) is 6.07 Å². The summed E-state index contributed by atoms with van der Waals surface area (Å²) in [6, 6.07) is 8.49. The van der Waals surface area contributed by atoms with E-state index in [2.05, 4.69) is 5.32 Å². The van der Waals surface area contributed by atoms with Crippen LogP contribution in [-0.2, 0) is 24.2 Å². The standard InChI is InChI=1S/C18H21N3O5S/c1-21(2)16-5-3-13(4-6-16)9-14(10-19)18(23)26-11-17(22)20-15-7-8-27(24,25)12-15/h3-6,9,15H,7-8,11-12H2,1-2H3,(H,20,22)/b14-9+/t15-/m0/s1. The molecule has 0 aliphatic carbocycles. The van der Waals surface area contributed by atoms with Gasteiger partial charge in [0.15, 0.2) is 16.4 Å². The number of benzene rings is 1. The first kappa shape index (κ1) is 20.5. The predicted octanol–water partition coefficient (Wildman–Crippen LogP) is 0.506. The molecule has 1 amide bonds. The Morgan fingerprint density at radius 1 is 1.33 bits per heavy atom. The van der Waals surface area contributed by atoms with Crippen molar-refractivity contribution in [2.24, 2.45) is 0 Å². The van der Waals surface area contributed by atoms with E-state index in [1.807, 2.05) is 31.1 Å². The fourth-order valence-electron chi connectivity index (χ4n) is 2.56. The monoisotopic (exact) mass is 391 g/mol. The van der Waals surface area contributed by atoms with E-state index in [-0.39, 0.29) is 17.1 Å². The molecule has 1 aliphatic rings. The summed E-state index contributed by atoms with van der Waals surface area (Å²) in [6.45, 7) is -0.575. The van der Waals surface area contributed by atoms with Gasteiger partial charge in [-0.25, -0.2) is 13.2 Å². The highest BCUT2D eigenvalue weighted by molar-refractivity contribution is 7.91. The van der Waals surface area contributed by atoms with Gasteiger partial charge in [-0.1, -0.05) is 12.1 Å². The molecule has 0 unspecified atom stereocenters. The first-order chi connectivity index (χ1) is 12.7. The van der Waals surface area contributed by atoms with Crippen molar-refractivity contribution >= 4 is 33.5 Å². The van der Waals surface area contributed by atoms with Gasteiger partial charge in [0.25, 0.3) is 5.91 Å². The van der Waals surface area contributed by atoms with Crippen LogP contribution in [-0.4, -0.2) is 58.5 Å². The number of nitrogens with one attached hydrogen (secondary N) is 1. The lowest BCUT2D eigenvalue weighted by atomic mass is 10.1. The molecule has 1 atom stereocenters. The van der Waals surface area contributed by atoms with E-state index >= 15 is 0 Å². The molecule has 0 aromatic heterocycles. The Kier molecular flexibility index (Phi) is 6.58. The predicted molar refractivity (Wildman–Crippen MR) is 101 cm³/mol. The Balaban J connectivity index is 1.91. The molecule has 144 valence electrons. The van der Waals surface area contributed by atoms with Gasteiger partial charge in [0.1, 0.15) is 11.6 Å². The highest BCUT2D eigenvalue weighted by atomic mass is 32.2. The lowest BCUT2D eigenvalue weighted by molar-refractivity contribution is -0.144. The highest BCUT2D eigenvalue weighted by Gasteiger charge is 2.29. The van der Waals surface area contributed by atoms with Crippen molar-refractivity contribution in [3.63, 3.8) is 0 Å². The number of rotatable bonds is 6. The van der Waals surface area contributed by atoms with Gasteiger partial charge < -0.3 is 15.0 Å². The zero-order valence-electron chi connectivity index (χ0n) is 15.1. The lowest BCUT2D eigenvalue weighted by Crippen LogP contribution is -2.38. The molecule has 1 aromatic carbocycles. The fourth-order valence-corrected chi connectivity index (χ4v) is 4.23. The quantitative estimate of drug-likeness (QED) is 0.426. The van der Waals surface area contributed by atoms with Crippen LogP contribution in [0.1, 0.15) is 12.0 Å². The van der Waals surface area contributed by atoms with Crippen LogP contribution in [0, 0.1) is 11.3 Å². The van der Waals surface area contributed by atoms with Gasteiger partial charge in [0.05, 0.1) is 11.5 Å². The SMILES string of the molecule is CN(C)c1ccc(/C=C(\C#N)C(=O)OCC(=O)N[C@H]2CCS(=O)(=O)C2)cc1. The number of anilines is 1. The van der Waals surface area contributed by atoms with Gasteiger partial charge in [-0.15, -0.1) is 0 Å². The fraction of sp³-hybridized carbons (Fsp3) is 0.389. The van der Waals surface area contributed by atoms with E-state index in [1.165, 1.54) is 6.08 Å². The zero-order chi connectivity index (χ0) is 20.0. The maximum absolute atomic E-state index is 12.0. The Morgan fingerprint density at radius 2 is 2.00 bits per heavy atom. The van der Waals surface area contributed by atoms with Crippen molar-refractivity contribution < 1.29 is 22.7 Å². The van der Waals surface area contributed by atoms with Crippen molar-refractivity contribution in [2.45, 2.75) is 12.5 Å². The van der Waals surface area contributed by atoms with E-state index in [0.717, 1.165) is 5.69 Å². The number of sulfone groups is 1. The molecule has 1 saturated heterocycles. The molecule has 0 radical (unpaired) electrons. The van der Waals surface area contributed by atoms with Gasteiger partial charge in [-0.05, 0) is 30.2 Å². The maximum atomic E-state index is 12.0. The molecule has 1 fully saturated rings. The maximum Gasteiger partial charge on any atom is 0.349 e. The average Bonchev–Trinajstić information content (AvgIpc) is 2.96. The molecule has 9 heteroatoms. The van der Waals surface area contributed by atoms with E-state index in [1.54, 1.807) is 18.2 Å². The van der Waals surface area contributed by atoms with Gasteiger partial charge in [0.2, 0.25) is 0 Å². The Hall–Kier alpha value is -2.86. The van der Waals surface area contributed by atoms with E-state index in [9.17, 15) is 18.0 Å². The minimum atomic E-state index is -3.11. The van der Waals surface area contributed by atoms with Crippen molar-refractivity contribution in [3.05, 3.63) is 35.4 Å². The second-order valence-corrected chi connectivity index (χ2v) is 8.63. The van der Waals surface area contributed by atoms with Gasteiger partial charge >= 0.3 is 5.97 Å². The van der Waals surface area contributed by atoms with Crippen molar-refractivity contribution in [2.75, 3.05) is 37.1 Å². The van der Waals surface area contributed by atoms with E-state index in [4.69, 9.17) is 10.00 Å². The first-order valence-electron chi connectivity index (χ1n) is 8.26. The summed E-state index contributed by atoms with van der Waals surface area (Å²) < 4.78 is 27.6. The normalized spacial score (nSPS) is 18.4. The van der Waals surface area contributed by atoms with Crippen LogP contribution in [0.4, 0.5) is 5.69 Å². The summed E-state index contributed by atoms with van der Waals surface area (Å²) in [4.78, 5) is 25.7. The first-order valence-corrected chi connectivity index (χ1v) is 10.1. The van der Waals surface area contributed by atoms with Crippen LogP contribution in [0.25, 0.3) is 6.08 Å². The molecule has 2 rings (SSSR count). The molecule has 1 N–H and O–H groups in total. The van der Waals surface area contributed by atoms with Gasteiger partial charge in [-0.3, -0.25) is 4.79 Å². The molecule has 1 aromatic rings. The topological polar surface area (TPSA) is 117 Å². The molecule has 0 bridgehead atoms.